The molecule has 0 spiro atoms. The summed E-state index contributed by atoms with van der Waals surface area (Å²) in [5.41, 5.74) is 7.60. The molecule has 0 aromatic heterocycles. The molecule has 0 unspecified atom stereocenters. The standard InChI is InChI=1S/C12H17N/c1-12(2)10(8-13)11(12)9-6-4-3-5-7-9/h3-7,10-11H,8,13H2,1-2H3/t10-,11+/m1/s1. The molecule has 2 rings (SSSR count). The summed E-state index contributed by atoms with van der Waals surface area (Å²) in [6, 6.07) is 10.7. The van der Waals surface area contributed by atoms with Gasteiger partial charge in [-0.25, -0.2) is 0 Å². The third kappa shape index (κ3) is 1.28. The van der Waals surface area contributed by atoms with Crippen molar-refractivity contribution in [2.24, 2.45) is 17.1 Å². The van der Waals surface area contributed by atoms with Crippen molar-refractivity contribution in [3.05, 3.63) is 35.9 Å². The van der Waals surface area contributed by atoms with Crippen LogP contribution < -0.4 is 5.73 Å². The molecule has 0 heterocycles. The minimum atomic E-state index is 0.413. The van der Waals surface area contributed by atoms with Crippen LogP contribution in [0.25, 0.3) is 0 Å². The van der Waals surface area contributed by atoms with E-state index in [2.05, 4.69) is 44.2 Å². The summed E-state index contributed by atoms with van der Waals surface area (Å²) < 4.78 is 0. The Balaban J connectivity index is 2.22. The van der Waals surface area contributed by atoms with Gasteiger partial charge in [-0.15, -0.1) is 0 Å². The minimum absolute atomic E-state index is 0.413. The van der Waals surface area contributed by atoms with Gasteiger partial charge in [-0.3, -0.25) is 0 Å². The molecule has 0 bridgehead atoms. The summed E-state index contributed by atoms with van der Waals surface area (Å²) in [4.78, 5) is 0. The molecule has 1 saturated carbocycles. The lowest BCUT2D eigenvalue weighted by Crippen LogP contribution is -2.05. The zero-order chi connectivity index (χ0) is 9.47. The van der Waals surface area contributed by atoms with Gasteiger partial charge in [0.15, 0.2) is 0 Å². The van der Waals surface area contributed by atoms with E-state index < -0.39 is 0 Å². The second-order valence-electron chi connectivity index (χ2n) is 4.55. The van der Waals surface area contributed by atoms with E-state index in [-0.39, 0.29) is 0 Å². The van der Waals surface area contributed by atoms with Crippen LogP contribution in [0.3, 0.4) is 0 Å². The Morgan fingerprint density at radius 1 is 1.23 bits per heavy atom. The molecule has 1 nitrogen and oxygen atoms in total. The molecule has 1 aliphatic carbocycles. The Bertz CT molecular complexity index is 289. The smallest absolute Gasteiger partial charge is 0.00375 e. The van der Waals surface area contributed by atoms with Gasteiger partial charge in [-0.2, -0.15) is 0 Å². The van der Waals surface area contributed by atoms with Crippen LogP contribution in [0.4, 0.5) is 0 Å². The molecule has 2 N–H and O–H groups in total. The van der Waals surface area contributed by atoms with Crippen LogP contribution in [-0.4, -0.2) is 6.54 Å². The number of hydrogen-bond acceptors (Lipinski definition) is 1. The van der Waals surface area contributed by atoms with E-state index in [1.807, 2.05) is 0 Å². The van der Waals surface area contributed by atoms with Crippen LogP contribution in [-0.2, 0) is 0 Å². The highest BCUT2D eigenvalue weighted by Crippen LogP contribution is 2.63. The summed E-state index contributed by atoms with van der Waals surface area (Å²) in [7, 11) is 0. The van der Waals surface area contributed by atoms with Crippen LogP contribution in [0.15, 0.2) is 30.3 Å². The molecule has 0 radical (unpaired) electrons. The lowest BCUT2D eigenvalue weighted by Gasteiger charge is -2.01. The van der Waals surface area contributed by atoms with Crippen LogP contribution in [0, 0.1) is 11.3 Å². The molecule has 1 aromatic carbocycles. The topological polar surface area (TPSA) is 26.0 Å². The van der Waals surface area contributed by atoms with Crippen molar-refractivity contribution in [2.45, 2.75) is 19.8 Å². The number of hydrogen-bond donors (Lipinski definition) is 1. The van der Waals surface area contributed by atoms with E-state index in [1.54, 1.807) is 0 Å². The van der Waals surface area contributed by atoms with Crippen LogP contribution in [0.2, 0.25) is 0 Å². The van der Waals surface area contributed by atoms with E-state index in [4.69, 9.17) is 5.73 Å². The summed E-state index contributed by atoms with van der Waals surface area (Å²) in [5.74, 6) is 1.36. The fourth-order valence-corrected chi connectivity index (χ4v) is 2.51. The Labute approximate surface area is 80.0 Å². The van der Waals surface area contributed by atoms with Gasteiger partial charge >= 0.3 is 0 Å². The number of rotatable bonds is 2. The van der Waals surface area contributed by atoms with Crippen molar-refractivity contribution in [2.75, 3.05) is 6.54 Å². The molecular formula is C12H17N. The van der Waals surface area contributed by atoms with Crippen molar-refractivity contribution in [1.82, 2.24) is 0 Å². The van der Waals surface area contributed by atoms with Gasteiger partial charge in [0, 0.05) is 0 Å². The second-order valence-corrected chi connectivity index (χ2v) is 4.55. The lowest BCUT2D eigenvalue weighted by molar-refractivity contribution is 0.558. The fraction of sp³-hybridized carbons (Fsp3) is 0.500. The second kappa shape index (κ2) is 2.85. The summed E-state index contributed by atoms with van der Waals surface area (Å²) >= 11 is 0. The Kier molecular flexibility index (Phi) is 1.92. The Morgan fingerprint density at radius 2 is 1.85 bits per heavy atom. The van der Waals surface area contributed by atoms with Crippen molar-refractivity contribution in [1.29, 1.82) is 0 Å². The third-order valence-electron chi connectivity index (χ3n) is 3.46. The first-order valence-corrected chi connectivity index (χ1v) is 4.93. The fourth-order valence-electron chi connectivity index (χ4n) is 2.51. The number of benzene rings is 1. The van der Waals surface area contributed by atoms with Crippen LogP contribution in [0.1, 0.15) is 25.3 Å². The first kappa shape index (κ1) is 8.76. The maximum absolute atomic E-state index is 5.74. The van der Waals surface area contributed by atoms with Crippen molar-refractivity contribution in [3.63, 3.8) is 0 Å². The maximum atomic E-state index is 5.74. The van der Waals surface area contributed by atoms with Crippen molar-refractivity contribution < 1.29 is 0 Å². The molecule has 70 valence electrons. The average Bonchev–Trinajstić information content (AvgIpc) is 2.69. The van der Waals surface area contributed by atoms with Crippen LogP contribution in [0.5, 0.6) is 0 Å². The SMILES string of the molecule is CC1(C)[C@H](CN)[C@@H]1c1ccccc1. The predicted octanol–water partition coefficient (Wildman–Crippen LogP) is 2.38. The monoisotopic (exact) mass is 175 g/mol. The van der Waals surface area contributed by atoms with E-state index in [1.165, 1.54) is 5.56 Å². The highest BCUT2D eigenvalue weighted by atomic mass is 14.7. The molecule has 1 aromatic rings. The Morgan fingerprint density at radius 3 is 2.31 bits per heavy atom. The summed E-state index contributed by atoms with van der Waals surface area (Å²) in [6.07, 6.45) is 0. The molecule has 1 aliphatic rings. The van der Waals surface area contributed by atoms with Gasteiger partial charge in [-0.1, -0.05) is 44.2 Å². The maximum Gasteiger partial charge on any atom is -0.00375 e. The largest absolute Gasteiger partial charge is 0.330 e. The zero-order valence-corrected chi connectivity index (χ0v) is 8.33. The minimum Gasteiger partial charge on any atom is -0.330 e. The molecule has 1 fully saturated rings. The molecule has 1 heteroatoms. The van der Waals surface area contributed by atoms with E-state index in [0.29, 0.717) is 17.3 Å². The molecule has 2 atom stereocenters. The lowest BCUT2D eigenvalue weighted by atomic mass is 10.0. The van der Waals surface area contributed by atoms with Gasteiger partial charge in [0.05, 0.1) is 0 Å². The first-order valence-electron chi connectivity index (χ1n) is 4.93. The van der Waals surface area contributed by atoms with Crippen LogP contribution >= 0.6 is 0 Å². The van der Waals surface area contributed by atoms with Gasteiger partial charge in [0.2, 0.25) is 0 Å². The zero-order valence-electron chi connectivity index (χ0n) is 8.33. The quantitative estimate of drug-likeness (QED) is 0.733. The highest BCUT2D eigenvalue weighted by molar-refractivity contribution is 5.31. The molecule has 13 heavy (non-hydrogen) atoms. The van der Waals surface area contributed by atoms with E-state index >= 15 is 0 Å². The predicted molar refractivity (Wildman–Crippen MR) is 55.5 cm³/mol. The first-order chi connectivity index (χ1) is 6.18. The van der Waals surface area contributed by atoms with E-state index in [0.717, 1.165) is 6.54 Å². The van der Waals surface area contributed by atoms with Gasteiger partial charge in [-0.05, 0) is 29.4 Å². The third-order valence-corrected chi connectivity index (χ3v) is 3.46. The highest BCUT2D eigenvalue weighted by Gasteiger charge is 2.56. The van der Waals surface area contributed by atoms with Gasteiger partial charge in [0.1, 0.15) is 0 Å². The van der Waals surface area contributed by atoms with Gasteiger partial charge < -0.3 is 5.73 Å². The van der Waals surface area contributed by atoms with E-state index in [9.17, 15) is 0 Å². The molecule has 0 saturated heterocycles. The van der Waals surface area contributed by atoms with Gasteiger partial charge in [0.25, 0.3) is 0 Å². The molecule has 0 amide bonds. The Hall–Kier alpha value is -0.820. The molecule has 0 aliphatic heterocycles. The van der Waals surface area contributed by atoms with Crippen molar-refractivity contribution >= 4 is 0 Å². The summed E-state index contributed by atoms with van der Waals surface area (Å²) in [6.45, 7) is 5.43. The molecular weight excluding hydrogens is 158 g/mol. The summed E-state index contributed by atoms with van der Waals surface area (Å²) in [5, 5.41) is 0. The average molecular weight is 175 g/mol. The number of nitrogens with two attached hydrogens (primary N) is 1. The normalized spacial score (nSPS) is 30.1. The van der Waals surface area contributed by atoms with Crippen molar-refractivity contribution in [3.8, 4) is 0 Å².